The Balaban J connectivity index is 2.24. The number of benzene rings is 2. The van der Waals surface area contributed by atoms with E-state index in [-0.39, 0.29) is 17.6 Å². The minimum absolute atomic E-state index is 0.0722. The number of nitrogens with one attached hydrogen (secondary N) is 1. The Kier molecular flexibility index (Phi) is 4.99. The van der Waals surface area contributed by atoms with Gasteiger partial charge in [-0.05, 0) is 48.9 Å². The molecule has 20 heavy (non-hydrogen) atoms. The Bertz CT molecular complexity index is 588. The third kappa shape index (κ3) is 3.50. The highest BCUT2D eigenvalue weighted by atomic mass is 35.5. The highest BCUT2D eigenvalue weighted by Crippen LogP contribution is 2.25. The van der Waals surface area contributed by atoms with Gasteiger partial charge in [0.05, 0.1) is 7.11 Å². The second-order valence-electron chi connectivity index (χ2n) is 4.57. The summed E-state index contributed by atoms with van der Waals surface area (Å²) < 4.78 is 18.5. The number of methoxy groups -OCH3 is 1. The second-order valence-corrected chi connectivity index (χ2v) is 5.01. The number of halogens is 2. The molecule has 0 heterocycles. The van der Waals surface area contributed by atoms with Crippen LogP contribution >= 0.6 is 11.6 Å². The van der Waals surface area contributed by atoms with E-state index in [1.165, 1.54) is 13.2 Å². The number of likely N-dealkylation sites (N-methyl/N-ethyl adjacent to an activating group) is 1. The first-order chi connectivity index (χ1) is 9.63. The van der Waals surface area contributed by atoms with Crippen molar-refractivity contribution in [3.63, 3.8) is 0 Å². The summed E-state index contributed by atoms with van der Waals surface area (Å²) in [5, 5.41) is 3.95. The average Bonchev–Trinajstić information content (AvgIpc) is 2.45. The Hall–Kier alpha value is -1.58. The van der Waals surface area contributed by atoms with Crippen molar-refractivity contribution in [2.24, 2.45) is 0 Å². The first-order valence-corrected chi connectivity index (χ1v) is 6.77. The van der Waals surface area contributed by atoms with E-state index >= 15 is 0 Å². The van der Waals surface area contributed by atoms with Crippen molar-refractivity contribution in [2.75, 3.05) is 14.2 Å². The van der Waals surface area contributed by atoms with Gasteiger partial charge < -0.3 is 10.1 Å². The third-order valence-electron chi connectivity index (χ3n) is 3.25. The monoisotopic (exact) mass is 293 g/mol. The second kappa shape index (κ2) is 6.73. The van der Waals surface area contributed by atoms with Gasteiger partial charge in [-0.2, -0.15) is 0 Å². The van der Waals surface area contributed by atoms with Crippen molar-refractivity contribution in [1.82, 2.24) is 5.32 Å². The quantitative estimate of drug-likeness (QED) is 0.900. The normalized spacial score (nSPS) is 12.2. The predicted octanol–water partition coefficient (Wildman–Crippen LogP) is 3.99. The maximum Gasteiger partial charge on any atom is 0.165 e. The molecule has 0 radical (unpaired) electrons. The standard InChI is InChI=1S/C16H17ClFNO/c1-19-15(9-11-4-3-5-13(17)8-11)12-6-7-14(18)16(10-12)20-2/h3-8,10,15,19H,9H2,1-2H3. The molecular formula is C16H17ClFNO. The summed E-state index contributed by atoms with van der Waals surface area (Å²) in [5.41, 5.74) is 2.10. The van der Waals surface area contributed by atoms with Gasteiger partial charge in [-0.15, -0.1) is 0 Å². The fourth-order valence-electron chi connectivity index (χ4n) is 2.18. The van der Waals surface area contributed by atoms with Crippen LogP contribution < -0.4 is 10.1 Å². The van der Waals surface area contributed by atoms with Gasteiger partial charge >= 0.3 is 0 Å². The van der Waals surface area contributed by atoms with Crippen LogP contribution in [-0.2, 0) is 6.42 Å². The van der Waals surface area contributed by atoms with Crippen molar-refractivity contribution < 1.29 is 9.13 Å². The highest BCUT2D eigenvalue weighted by Gasteiger charge is 2.13. The van der Waals surface area contributed by atoms with Crippen LogP contribution in [0.15, 0.2) is 42.5 Å². The van der Waals surface area contributed by atoms with E-state index in [0.717, 1.165) is 17.5 Å². The first-order valence-electron chi connectivity index (χ1n) is 6.39. The van der Waals surface area contributed by atoms with Gasteiger partial charge in [-0.3, -0.25) is 0 Å². The van der Waals surface area contributed by atoms with Crippen LogP contribution in [0, 0.1) is 5.82 Å². The first kappa shape index (κ1) is 14.8. The molecule has 0 aliphatic heterocycles. The summed E-state index contributed by atoms with van der Waals surface area (Å²) >= 11 is 6.00. The molecule has 0 aliphatic rings. The zero-order valence-electron chi connectivity index (χ0n) is 11.5. The van der Waals surface area contributed by atoms with Crippen molar-refractivity contribution in [1.29, 1.82) is 0 Å². The van der Waals surface area contributed by atoms with Crippen LogP contribution in [-0.4, -0.2) is 14.2 Å². The van der Waals surface area contributed by atoms with Crippen LogP contribution in [0.4, 0.5) is 4.39 Å². The van der Waals surface area contributed by atoms with E-state index in [2.05, 4.69) is 5.32 Å². The number of hydrogen-bond donors (Lipinski definition) is 1. The number of ether oxygens (including phenoxy) is 1. The molecule has 0 aromatic heterocycles. The van der Waals surface area contributed by atoms with E-state index in [4.69, 9.17) is 16.3 Å². The number of rotatable bonds is 5. The summed E-state index contributed by atoms with van der Waals surface area (Å²) in [7, 11) is 3.35. The predicted molar refractivity (Wildman–Crippen MR) is 79.9 cm³/mol. The van der Waals surface area contributed by atoms with Crippen LogP contribution in [0.2, 0.25) is 5.02 Å². The zero-order valence-corrected chi connectivity index (χ0v) is 12.2. The van der Waals surface area contributed by atoms with Gasteiger partial charge in [0.15, 0.2) is 11.6 Å². The molecule has 2 nitrogen and oxygen atoms in total. The van der Waals surface area contributed by atoms with Gasteiger partial charge in [0.1, 0.15) is 0 Å². The molecule has 1 N–H and O–H groups in total. The molecule has 2 rings (SSSR count). The lowest BCUT2D eigenvalue weighted by atomic mass is 9.99. The summed E-state index contributed by atoms with van der Waals surface area (Å²) in [6.07, 6.45) is 0.770. The lowest BCUT2D eigenvalue weighted by molar-refractivity contribution is 0.385. The van der Waals surface area contributed by atoms with Crippen molar-refractivity contribution in [3.8, 4) is 5.75 Å². The van der Waals surface area contributed by atoms with Crippen LogP contribution in [0.1, 0.15) is 17.2 Å². The van der Waals surface area contributed by atoms with E-state index < -0.39 is 0 Å². The summed E-state index contributed by atoms with van der Waals surface area (Å²) in [4.78, 5) is 0. The summed E-state index contributed by atoms with van der Waals surface area (Å²) in [6, 6.07) is 12.7. The average molecular weight is 294 g/mol. The fourth-order valence-corrected chi connectivity index (χ4v) is 2.39. The van der Waals surface area contributed by atoms with E-state index in [0.29, 0.717) is 5.02 Å². The molecule has 106 valence electrons. The van der Waals surface area contributed by atoms with Gasteiger partial charge in [0.25, 0.3) is 0 Å². The Labute approximate surface area is 123 Å². The molecule has 0 aliphatic carbocycles. The largest absolute Gasteiger partial charge is 0.494 e. The van der Waals surface area contributed by atoms with E-state index in [1.807, 2.05) is 31.3 Å². The molecule has 1 atom stereocenters. The maximum absolute atomic E-state index is 13.5. The van der Waals surface area contributed by atoms with Crippen LogP contribution in [0.25, 0.3) is 0 Å². The SMILES string of the molecule is CNC(Cc1cccc(Cl)c1)c1ccc(F)c(OC)c1. The lowest BCUT2D eigenvalue weighted by Gasteiger charge is -2.18. The molecule has 0 saturated heterocycles. The summed E-state index contributed by atoms with van der Waals surface area (Å²) in [6.45, 7) is 0. The fraction of sp³-hybridized carbons (Fsp3) is 0.250. The molecule has 0 saturated carbocycles. The Morgan fingerprint density at radius 3 is 2.70 bits per heavy atom. The van der Waals surface area contributed by atoms with Gasteiger partial charge in [-0.25, -0.2) is 4.39 Å². The Morgan fingerprint density at radius 2 is 2.05 bits per heavy atom. The van der Waals surface area contributed by atoms with Gasteiger partial charge in [0, 0.05) is 11.1 Å². The Morgan fingerprint density at radius 1 is 1.25 bits per heavy atom. The van der Waals surface area contributed by atoms with Gasteiger partial charge in [-0.1, -0.05) is 29.8 Å². The van der Waals surface area contributed by atoms with Crippen molar-refractivity contribution in [3.05, 3.63) is 64.4 Å². The molecular weight excluding hydrogens is 277 g/mol. The van der Waals surface area contributed by atoms with E-state index in [9.17, 15) is 4.39 Å². The van der Waals surface area contributed by atoms with Crippen LogP contribution in [0.5, 0.6) is 5.75 Å². The minimum Gasteiger partial charge on any atom is -0.494 e. The maximum atomic E-state index is 13.5. The molecule has 0 spiro atoms. The molecule has 0 amide bonds. The molecule has 2 aromatic carbocycles. The smallest absolute Gasteiger partial charge is 0.165 e. The molecule has 4 heteroatoms. The van der Waals surface area contributed by atoms with Crippen LogP contribution in [0.3, 0.4) is 0 Å². The van der Waals surface area contributed by atoms with Crippen molar-refractivity contribution in [2.45, 2.75) is 12.5 Å². The molecule has 2 aromatic rings. The topological polar surface area (TPSA) is 21.3 Å². The third-order valence-corrected chi connectivity index (χ3v) is 3.49. The molecule has 0 bridgehead atoms. The zero-order chi connectivity index (χ0) is 14.5. The molecule has 0 fully saturated rings. The lowest BCUT2D eigenvalue weighted by Crippen LogP contribution is -2.19. The molecule has 1 unspecified atom stereocenters. The summed E-state index contributed by atoms with van der Waals surface area (Å²) in [5.74, 6) is -0.0947. The van der Waals surface area contributed by atoms with E-state index in [1.54, 1.807) is 12.1 Å². The van der Waals surface area contributed by atoms with Gasteiger partial charge in [0.2, 0.25) is 0 Å². The minimum atomic E-state index is -0.353. The van der Waals surface area contributed by atoms with Crippen molar-refractivity contribution >= 4 is 11.6 Å². The highest BCUT2D eigenvalue weighted by molar-refractivity contribution is 6.30. The number of hydrogen-bond acceptors (Lipinski definition) is 2.